The minimum atomic E-state index is -0.602. The molecule has 0 aromatic carbocycles. The van der Waals surface area contributed by atoms with Gasteiger partial charge in [-0.25, -0.2) is 0 Å². The van der Waals surface area contributed by atoms with Crippen molar-refractivity contribution in [2.24, 2.45) is 0 Å². The maximum atomic E-state index is 12.3. The molecule has 5 nitrogen and oxygen atoms in total. The van der Waals surface area contributed by atoms with Crippen LogP contribution in [0, 0.1) is 0 Å². The summed E-state index contributed by atoms with van der Waals surface area (Å²) in [4.78, 5) is 24.3. The lowest BCUT2D eigenvalue weighted by Gasteiger charge is -2.31. The molecule has 0 bridgehead atoms. The van der Waals surface area contributed by atoms with Crippen molar-refractivity contribution in [3.05, 3.63) is 12.2 Å². The van der Waals surface area contributed by atoms with Crippen molar-refractivity contribution in [2.75, 3.05) is 13.7 Å². The van der Waals surface area contributed by atoms with Crippen LogP contribution in [0.15, 0.2) is 12.2 Å². The maximum absolute atomic E-state index is 12.3. The topological polar surface area (TPSA) is 70.2 Å². The second-order valence-corrected chi connectivity index (χ2v) is 6.54. The van der Waals surface area contributed by atoms with Gasteiger partial charge in [0.2, 0.25) is 5.91 Å². The van der Waals surface area contributed by atoms with Gasteiger partial charge in [-0.15, -0.1) is 0 Å². The average molecular weight is 325 g/mol. The lowest BCUT2D eigenvalue weighted by molar-refractivity contribution is -0.128. The summed E-state index contributed by atoms with van der Waals surface area (Å²) < 4.78 is 0. The fraction of sp³-hybridized carbons (Fsp3) is 0.778. The normalized spacial score (nSPS) is 16.8. The zero-order valence-electron chi connectivity index (χ0n) is 15.7. The maximum Gasteiger partial charge on any atom is 0.241 e. The zero-order chi connectivity index (χ0) is 17.9. The molecular formula is C18H35N3O2. The van der Waals surface area contributed by atoms with E-state index in [0.717, 1.165) is 32.1 Å². The van der Waals surface area contributed by atoms with Crippen molar-refractivity contribution in [1.29, 1.82) is 0 Å². The molecule has 0 saturated heterocycles. The van der Waals surface area contributed by atoms with E-state index in [0.29, 0.717) is 6.67 Å². The van der Waals surface area contributed by atoms with E-state index < -0.39 is 11.1 Å². The molecule has 0 rings (SSSR count). The molecule has 5 heteroatoms. The Labute approximate surface area is 141 Å². The van der Waals surface area contributed by atoms with Crippen molar-refractivity contribution < 1.29 is 9.59 Å². The van der Waals surface area contributed by atoms with E-state index in [1.54, 1.807) is 14.0 Å². The minimum Gasteiger partial charge on any atom is -0.342 e. The molecule has 1 amide bonds. The van der Waals surface area contributed by atoms with Gasteiger partial charge in [-0.05, 0) is 60.4 Å². The highest BCUT2D eigenvalue weighted by atomic mass is 16.2. The zero-order valence-corrected chi connectivity index (χ0v) is 15.7. The van der Waals surface area contributed by atoms with Crippen LogP contribution in [0.5, 0.6) is 0 Å². The van der Waals surface area contributed by atoms with Crippen molar-refractivity contribution in [3.8, 4) is 0 Å². The molecule has 23 heavy (non-hydrogen) atoms. The summed E-state index contributed by atoms with van der Waals surface area (Å²) in [6, 6.07) is 0. The Morgan fingerprint density at radius 3 is 2.26 bits per heavy atom. The SMILES string of the molecule is C/C=C/CCC[C@](C)(NCNC(=O)[C@](C)(CCC)NC)C(C)=O. The third-order valence-corrected chi connectivity index (χ3v) is 4.59. The Kier molecular flexibility index (Phi) is 10.0. The van der Waals surface area contributed by atoms with E-state index in [9.17, 15) is 9.59 Å². The van der Waals surface area contributed by atoms with Crippen LogP contribution in [0.1, 0.15) is 66.7 Å². The molecule has 0 aliphatic rings. The number of carbonyl (C=O) groups is 2. The molecule has 3 N–H and O–H groups in total. The monoisotopic (exact) mass is 325 g/mol. The molecule has 0 unspecified atom stereocenters. The summed E-state index contributed by atoms with van der Waals surface area (Å²) in [5.41, 5.74) is -1.18. The molecule has 0 aliphatic carbocycles. The highest BCUT2D eigenvalue weighted by molar-refractivity contribution is 5.87. The Bertz CT molecular complexity index is 409. The molecule has 0 spiro atoms. The van der Waals surface area contributed by atoms with Gasteiger partial charge in [0, 0.05) is 0 Å². The molecule has 2 atom stereocenters. The number of Topliss-reactive ketones (excluding diaryl/α,β-unsaturated/α-hetero) is 1. The number of carbonyl (C=O) groups excluding carboxylic acids is 2. The van der Waals surface area contributed by atoms with Crippen LogP contribution in [0.4, 0.5) is 0 Å². The van der Waals surface area contributed by atoms with Crippen LogP contribution in [-0.2, 0) is 9.59 Å². The van der Waals surface area contributed by atoms with Crippen molar-refractivity contribution in [1.82, 2.24) is 16.0 Å². The number of unbranched alkanes of at least 4 members (excludes halogenated alkanes) is 1. The smallest absolute Gasteiger partial charge is 0.241 e. The van der Waals surface area contributed by atoms with Crippen molar-refractivity contribution in [2.45, 2.75) is 77.8 Å². The molecule has 134 valence electrons. The van der Waals surface area contributed by atoms with Gasteiger partial charge < -0.3 is 10.6 Å². The van der Waals surface area contributed by atoms with Gasteiger partial charge in [0.15, 0.2) is 0 Å². The Hall–Kier alpha value is -1.20. The molecule has 0 saturated carbocycles. The third-order valence-electron chi connectivity index (χ3n) is 4.59. The van der Waals surface area contributed by atoms with Crippen LogP contribution in [0.25, 0.3) is 0 Å². The molecule has 0 heterocycles. The number of likely N-dealkylation sites (N-methyl/N-ethyl adjacent to an activating group) is 1. The van der Waals surface area contributed by atoms with E-state index in [1.807, 2.05) is 26.8 Å². The summed E-state index contributed by atoms with van der Waals surface area (Å²) in [5, 5.41) is 9.18. The van der Waals surface area contributed by atoms with Crippen molar-refractivity contribution >= 4 is 11.7 Å². The first-order valence-electron chi connectivity index (χ1n) is 8.60. The average Bonchev–Trinajstić information content (AvgIpc) is 2.51. The summed E-state index contributed by atoms with van der Waals surface area (Å²) in [6.45, 7) is 9.73. The number of hydrogen-bond donors (Lipinski definition) is 3. The second kappa shape index (κ2) is 10.6. The van der Waals surface area contributed by atoms with E-state index >= 15 is 0 Å². The highest BCUT2D eigenvalue weighted by Crippen LogP contribution is 2.16. The lowest BCUT2D eigenvalue weighted by atomic mass is 9.91. The minimum absolute atomic E-state index is 0.0471. The van der Waals surface area contributed by atoms with Crippen molar-refractivity contribution in [3.63, 3.8) is 0 Å². The highest BCUT2D eigenvalue weighted by Gasteiger charge is 2.32. The second-order valence-electron chi connectivity index (χ2n) is 6.54. The standard InChI is InChI=1S/C18H35N3O2/c1-7-9-10-11-13-17(4,15(3)22)21-14-20-16(23)18(5,19-6)12-8-2/h7,9,19,21H,8,10-14H2,1-6H3,(H,20,23)/b9-7+/t17-,18-/m0/s1. The predicted molar refractivity (Wildman–Crippen MR) is 96.3 cm³/mol. The number of hydrogen-bond acceptors (Lipinski definition) is 4. The first kappa shape index (κ1) is 21.8. The number of allylic oxidation sites excluding steroid dienone is 2. The summed E-state index contributed by atoms with van der Waals surface area (Å²) in [6.07, 6.45) is 8.46. The summed E-state index contributed by atoms with van der Waals surface area (Å²) in [5.74, 6) is 0.0475. The first-order valence-corrected chi connectivity index (χ1v) is 8.60. The quantitative estimate of drug-likeness (QED) is 0.293. The number of ketones is 1. The van der Waals surface area contributed by atoms with Gasteiger partial charge in [-0.2, -0.15) is 0 Å². The molecule has 0 aromatic heterocycles. The number of nitrogens with one attached hydrogen (secondary N) is 3. The molecule has 0 aromatic rings. The van der Waals surface area contributed by atoms with Gasteiger partial charge in [0.1, 0.15) is 5.78 Å². The fourth-order valence-electron chi connectivity index (χ4n) is 2.50. The first-order chi connectivity index (χ1) is 10.8. The van der Waals surface area contributed by atoms with Gasteiger partial charge in [0.25, 0.3) is 0 Å². The predicted octanol–water partition coefficient (Wildman–Crippen LogP) is 2.52. The Balaban J connectivity index is 4.52. The van der Waals surface area contributed by atoms with Gasteiger partial charge in [-0.1, -0.05) is 25.5 Å². The Morgan fingerprint density at radius 1 is 1.13 bits per heavy atom. The van der Waals surface area contributed by atoms with E-state index in [-0.39, 0.29) is 11.7 Å². The summed E-state index contributed by atoms with van der Waals surface area (Å²) >= 11 is 0. The van der Waals surface area contributed by atoms with E-state index in [1.165, 1.54) is 0 Å². The third kappa shape index (κ3) is 7.27. The van der Waals surface area contributed by atoms with Gasteiger partial charge in [0.05, 0.1) is 17.7 Å². The van der Waals surface area contributed by atoms with Crippen LogP contribution >= 0.6 is 0 Å². The largest absolute Gasteiger partial charge is 0.342 e. The van der Waals surface area contributed by atoms with Crippen LogP contribution in [0.2, 0.25) is 0 Å². The summed E-state index contributed by atoms with van der Waals surface area (Å²) in [7, 11) is 1.80. The number of amides is 1. The fourth-order valence-corrected chi connectivity index (χ4v) is 2.50. The van der Waals surface area contributed by atoms with E-state index in [4.69, 9.17) is 0 Å². The van der Waals surface area contributed by atoms with E-state index in [2.05, 4.69) is 29.0 Å². The number of rotatable bonds is 12. The molecule has 0 radical (unpaired) electrons. The van der Waals surface area contributed by atoms with Crippen LogP contribution in [0.3, 0.4) is 0 Å². The molecule has 0 fully saturated rings. The van der Waals surface area contributed by atoms with Crippen LogP contribution < -0.4 is 16.0 Å². The molecule has 0 aliphatic heterocycles. The van der Waals surface area contributed by atoms with Gasteiger partial charge >= 0.3 is 0 Å². The van der Waals surface area contributed by atoms with Crippen LogP contribution in [-0.4, -0.2) is 36.5 Å². The molecular weight excluding hydrogens is 290 g/mol. The lowest BCUT2D eigenvalue weighted by Crippen LogP contribution is -2.58. The Morgan fingerprint density at radius 2 is 1.78 bits per heavy atom. The van der Waals surface area contributed by atoms with Gasteiger partial charge in [-0.3, -0.25) is 14.9 Å².